The van der Waals surface area contributed by atoms with Crippen LogP contribution in [0.2, 0.25) is 13.1 Å². The Hall–Kier alpha value is -2.72. The summed E-state index contributed by atoms with van der Waals surface area (Å²) in [5.41, 5.74) is 4.37. The minimum absolute atomic E-state index is 0.160. The van der Waals surface area contributed by atoms with E-state index in [1.807, 2.05) is 18.2 Å². The lowest BCUT2D eigenvalue weighted by Crippen LogP contribution is -2.49. The molecule has 0 radical (unpaired) electrons. The molecule has 0 spiro atoms. The number of para-hydroxylation sites is 1. The third kappa shape index (κ3) is 2.03. The minimum atomic E-state index is -1.76. The highest BCUT2D eigenvalue weighted by molar-refractivity contribution is 7.03. The Bertz CT molecular complexity index is 979. The normalized spacial score (nSPS) is 14.1. The summed E-state index contributed by atoms with van der Waals surface area (Å²) in [5, 5.41) is 14.2. The summed E-state index contributed by atoms with van der Waals surface area (Å²) in [6.07, 6.45) is 0. The Kier molecular flexibility index (Phi) is 3.18. The van der Waals surface area contributed by atoms with Crippen molar-refractivity contribution < 1.29 is 4.92 Å². The maximum Gasteiger partial charge on any atom is 0.277 e. The van der Waals surface area contributed by atoms with Gasteiger partial charge in [0.15, 0.2) is 0 Å². The topological polar surface area (TPSA) is 43.1 Å². The summed E-state index contributed by atoms with van der Waals surface area (Å²) in [6.45, 7) is 4.70. The molecule has 0 saturated heterocycles. The monoisotopic (exact) mass is 331 g/mol. The van der Waals surface area contributed by atoms with E-state index in [1.54, 1.807) is 12.1 Å². The highest BCUT2D eigenvalue weighted by atomic mass is 28.3. The number of nitro groups is 1. The molecule has 0 aliphatic carbocycles. The van der Waals surface area contributed by atoms with Gasteiger partial charge in [-0.2, -0.15) is 23.5 Å². The van der Waals surface area contributed by atoms with E-state index in [4.69, 9.17) is 0 Å². The maximum absolute atomic E-state index is 11.3. The maximum atomic E-state index is 11.3. The largest absolute Gasteiger partial charge is 0.277 e. The zero-order chi connectivity index (χ0) is 16.9. The molecule has 0 N–H and O–H groups in total. The average molecular weight is 331 g/mol. The summed E-state index contributed by atoms with van der Waals surface area (Å²) < 4.78 is 0. The fraction of sp³-hybridized carbons (Fsp3) is 0.100. The van der Waals surface area contributed by atoms with Crippen molar-refractivity contribution in [2.75, 3.05) is 0 Å². The zero-order valence-electron chi connectivity index (χ0n) is 13.6. The summed E-state index contributed by atoms with van der Waals surface area (Å²) in [5.74, 6) is 0. The molecular weight excluding hydrogens is 314 g/mol. The van der Waals surface area contributed by atoms with Crippen LogP contribution in [0.3, 0.4) is 0 Å². The second kappa shape index (κ2) is 5.14. The van der Waals surface area contributed by atoms with E-state index in [0.717, 1.165) is 5.56 Å². The van der Waals surface area contributed by atoms with Gasteiger partial charge in [-0.15, -0.1) is 0 Å². The fourth-order valence-corrected chi connectivity index (χ4v) is 6.85. The number of hydrogen-bond donors (Lipinski definition) is 0. The summed E-state index contributed by atoms with van der Waals surface area (Å²) in [7, 11) is -1.76. The lowest BCUT2D eigenvalue weighted by molar-refractivity contribution is -0.384. The van der Waals surface area contributed by atoms with Crippen molar-refractivity contribution in [3.63, 3.8) is 0 Å². The standard InChI is InChI=1S/C20H17NO2Si/c1-24(2)19-10-6-4-8-16(19)17-12-11-14(13-20(17)24)15-7-3-5-9-18(15)21(22)23/h3-13H,1-2H3/q-1. The van der Waals surface area contributed by atoms with E-state index in [2.05, 4.69) is 49.5 Å². The molecule has 4 rings (SSSR count). The molecule has 3 nitrogen and oxygen atoms in total. The molecule has 0 amide bonds. The van der Waals surface area contributed by atoms with E-state index in [-0.39, 0.29) is 10.6 Å². The Balaban J connectivity index is 1.94. The Morgan fingerprint density at radius 3 is 2.17 bits per heavy atom. The number of benzene rings is 3. The molecule has 3 aromatic rings. The first-order valence-electron chi connectivity index (χ1n) is 7.98. The van der Waals surface area contributed by atoms with Crippen LogP contribution in [0.15, 0.2) is 66.7 Å². The predicted octanol–water partition coefficient (Wildman–Crippen LogP) is 4.06. The van der Waals surface area contributed by atoms with Crippen LogP contribution in [0.1, 0.15) is 0 Å². The van der Waals surface area contributed by atoms with E-state index in [9.17, 15) is 10.1 Å². The van der Waals surface area contributed by atoms with Gasteiger partial charge < -0.3 is 0 Å². The average Bonchev–Trinajstić information content (AvgIpc) is 2.83. The molecular formula is C20H17NO2Si-. The Morgan fingerprint density at radius 2 is 1.42 bits per heavy atom. The van der Waals surface area contributed by atoms with Crippen LogP contribution in [0, 0.1) is 10.1 Å². The van der Waals surface area contributed by atoms with Crippen molar-refractivity contribution in [3.8, 4) is 22.3 Å². The van der Waals surface area contributed by atoms with Crippen LogP contribution in [0.4, 0.5) is 5.69 Å². The first kappa shape index (κ1) is 14.8. The van der Waals surface area contributed by atoms with Gasteiger partial charge in [0.25, 0.3) is 5.69 Å². The van der Waals surface area contributed by atoms with Crippen LogP contribution in [-0.4, -0.2) is 13.0 Å². The molecule has 0 unspecified atom stereocenters. The summed E-state index contributed by atoms with van der Waals surface area (Å²) in [6, 6.07) is 21.9. The molecule has 0 atom stereocenters. The van der Waals surface area contributed by atoms with E-state index < -0.39 is 8.07 Å². The Labute approximate surface area is 141 Å². The predicted molar refractivity (Wildman–Crippen MR) is 101 cm³/mol. The van der Waals surface area contributed by atoms with Crippen LogP contribution < -0.4 is 10.4 Å². The number of nitro benzene ring substituents is 1. The molecule has 24 heavy (non-hydrogen) atoms. The first-order valence-corrected chi connectivity index (χ1v) is 11.0. The fourth-order valence-electron chi connectivity index (χ4n) is 3.75. The van der Waals surface area contributed by atoms with Gasteiger partial charge in [-0.25, -0.2) is 0 Å². The third-order valence-electron chi connectivity index (χ3n) is 5.00. The van der Waals surface area contributed by atoms with Gasteiger partial charge in [0.05, 0.1) is 10.5 Å². The van der Waals surface area contributed by atoms with Crippen LogP contribution >= 0.6 is 0 Å². The molecule has 1 heterocycles. The molecule has 0 fully saturated rings. The third-order valence-corrected chi connectivity index (χ3v) is 8.54. The van der Waals surface area contributed by atoms with Crippen LogP contribution in [0.5, 0.6) is 0 Å². The lowest BCUT2D eigenvalue weighted by atomic mass is 9.99. The van der Waals surface area contributed by atoms with Gasteiger partial charge in [-0.1, -0.05) is 73.8 Å². The van der Waals surface area contributed by atoms with Gasteiger partial charge in [-0.3, -0.25) is 10.1 Å². The van der Waals surface area contributed by atoms with Crippen molar-refractivity contribution >= 4 is 24.1 Å². The first-order chi connectivity index (χ1) is 11.5. The second-order valence-electron chi connectivity index (χ2n) is 6.71. The van der Waals surface area contributed by atoms with Crippen molar-refractivity contribution in [3.05, 3.63) is 76.8 Å². The molecule has 3 aromatic carbocycles. The number of fused-ring (bicyclic) bond motifs is 3. The van der Waals surface area contributed by atoms with Gasteiger partial charge >= 0.3 is 0 Å². The van der Waals surface area contributed by atoms with Crippen LogP contribution in [-0.2, 0) is 0 Å². The molecule has 0 bridgehead atoms. The molecule has 119 valence electrons. The molecule has 0 saturated carbocycles. The SMILES string of the molecule is C[Si-]1(C)c2ccccc2-c2ccc(-c3ccccc3[N+](=O)[O-])cc21. The number of rotatable bonds is 2. The van der Waals surface area contributed by atoms with Gasteiger partial charge in [0.1, 0.15) is 0 Å². The second-order valence-corrected chi connectivity index (χ2v) is 11.0. The molecule has 1 aliphatic rings. The minimum Gasteiger partial charge on any atom is -0.258 e. The summed E-state index contributed by atoms with van der Waals surface area (Å²) in [4.78, 5) is 11.0. The van der Waals surface area contributed by atoms with Crippen molar-refractivity contribution in [2.45, 2.75) is 13.1 Å². The highest BCUT2D eigenvalue weighted by Crippen LogP contribution is 2.34. The molecule has 1 aliphatic heterocycles. The lowest BCUT2D eigenvalue weighted by Gasteiger charge is -2.32. The van der Waals surface area contributed by atoms with E-state index >= 15 is 0 Å². The van der Waals surface area contributed by atoms with Crippen molar-refractivity contribution in [1.82, 2.24) is 0 Å². The van der Waals surface area contributed by atoms with Gasteiger partial charge in [-0.05, 0) is 11.6 Å². The van der Waals surface area contributed by atoms with Gasteiger partial charge in [0.2, 0.25) is 0 Å². The number of nitrogens with zero attached hydrogens (tertiary/aromatic N) is 1. The zero-order valence-corrected chi connectivity index (χ0v) is 14.6. The van der Waals surface area contributed by atoms with Crippen LogP contribution in [0.25, 0.3) is 22.3 Å². The molecule has 0 aromatic heterocycles. The van der Waals surface area contributed by atoms with E-state index in [0.29, 0.717) is 5.56 Å². The van der Waals surface area contributed by atoms with Crippen molar-refractivity contribution in [2.24, 2.45) is 0 Å². The highest BCUT2D eigenvalue weighted by Gasteiger charge is 2.27. The van der Waals surface area contributed by atoms with E-state index in [1.165, 1.54) is 21.5 Å². The number of hydrogen-bond acceptors (Lipinski definition) is 2. The Morgan fingerprint density at radius 1 is 0.792 bits per heavy atom. The summed E-state index contributed by atoms with van der Waals surface area (Å²) >= 11 is 0. The quantitative estimate of drug-likeness (QED) is 0.404. The molecule has 4 heteroatoms. The van der Waals surface area contributed by atoms with Crippen molar-refractivity contribution in [1.29, 1.82) is 0 Å². The smallest absolute Gasteiger partial charge is 0.258 e. The van der Waals surface area contributed by atoms with Gasteiger partial charge in [0, 0.05) is 6.07 Å².